The molecule has 6 nitrogen and oxygen atoms in total. The number of carbonyl (C=O) groups is 1. The molecule has 1 saturated heterocycles. The zero-order valence-corrected chi connectivity index (χ0v) is 17.5. The van der Waals surface area contributed by atoms with Crippen LogP contribution in [0.5, 0.6) is 5.75 Å². The highest BCUT2D eigenvalue weighted by Gasteiger charge is 2.34. The molecule has 2 heterocycles. The Balaban J connectivity index is 1.48. The van der Waals surface area contributed by atoms with Crippen LogP contribution in [0.1, 0.15) is 60.5 Å². The van der Waals surface area contributed by atoms with Gasteiger partial charge in [0.2, 0.25) is 11.7 Å². The highest BCUT2D eigenvalue weighted by molar-refractivity contribution is 5.94. The number of likely N-dealkylation sites (tertiary alicyclic amines) is 1. The average Bonchev–Trinajstić information content (AvgIpc) is 3.43. The standard InChI is InChI=1S/C24H27N3O3/c1-3-4-15-29-20-12-10-18(11-13-20)24(28)27-14-6-9-21(27)23-25-22(26-30-23)19-8-5-7-17(2)16-19/h5,7-8,10-13,16,21H,3-4,6,9,14-15H2,1-2H3. The number of ether oxygens (including phenoxy) is 1. The van der Waals surface area contributed by atoms with Crippen LogP contribution in [0, 0.1) is 6.92 Å². The molecule has 156 valence electrons. The number of amides is 1. The summed E-state index contributed by atoms with van der Waals surface area (Å²) in [5.74, 6) is 1.82. The third-order valence-electron chi connectivity index (χ3n) is 5.38. The van der Waals surface area contributed by atoms with Crippen molar-refractivity contribution in [3.63, 3.8) is 0 Å². The summed E-state index contributed by atoms with van der Waals surface area (Å²) in [5, 5.41) is 4.15. The maximum absolute atomic E-state index is 13.1. The van der Waals surface area contributed by atoms with Gasteiger partial charge in [-0.15, -0.1) is 0 Å². The fourth-order valence-electron chi connectivity index (χ4n) is 3.73. The summed E-state index contributed by atoms with van der Waals surface area (Å²) >= 11 is 0. The number of hydrogen-bond donors (Lipinski definition) is 0. The number of unbranched alkanes of at least 4 members (excludes halogenated alkanes) is 1. The molecule has 30 heavy (non-hydrogen) atoms. The maximum atomic E-state index is 13.1. The molecule has 0 spiro atoms. The van der Waals surface area contributed by atoms with E-state index in [0.29, 0.717) is 30.4 Å². The fourth-order valence-corrected chi connectivity index (χ4v) is 3.73. The summed E-state index contributed by atoms with van der Waals surface area (Å²) in [6.45, 7) is 5.53. The van der Waals surface area contributed by atoms with Crippen molar-refractivity contribution >= 4 is 5.91 Å². The van der Waals surface area contributed by atoms with E-state index in [2.05, 4.69) is 17.1 Å². The highest BCUT2D eigenvalue weighted by Crippen LogP contribution is 2.33. The zero-order valence-electron chi connectivity index (χ0n) is 17.5. The number of nitrogens with zero attached hydrogens (tertiary/aromatic N) is 3. The molecule has 1 atom stereocenters. The fraction of sp³-hybridized carbons (Fsp3) is 0.375. The number of aromatic nitrogens is 2. The van der Waals surface area contributed by atoms with Gasteiger partial charge in [0.1, 0.15) is 11.8 Å². The Hall–Kier alpha value is -3.15. The van der Waals surface area contributed by atoms with Crippen LogP contribution < -0.4 is 4.74 Å². The second-order valence-electron chi connectivity index (χ2n) is 7.71. The lowest BCUT2D eigenvalue weighted by Gasteiger charge is -2.22. The molecule has 1 fully saturated rings. The van der Waals surface area contributed by atoms with Gasteiger partial charge in [0.15, 0.2) is 0 Å². The Kier molecular flexibility index (Phi) is 6.12. The first-order valence-electron chi connectivity index (χ1n) is 10.6. The van der Waals surface area contributed by atoms with Crippen LogP contribution in [0.3, 0.4) is 0 Å². The van der Waals surface area contributed by atoms with Crippen LogP contribution in [0.4, 0.5) is 0 Å². The molecule has 1 aliphatic rings. The Morgan fingerprint density at radius 1 is 1.23 bits per heavy atom. The predicted molar refractivity (Wildman–Crippen MR) is 114 cm³/mol. The first kappa shape index (κ1) is 20.1. The maximum Gasteiger partial charge on any atom is 0.254 e. The SMILES string of the molecule is CCCCOc1ccc(C(=O)N2CCCC2c2nc(-c3cccc(C)c3)no2)cc1. The summed E-state index contributed by atoms with van der Waals surface area (Å²) in [6, 6.07) is 15.2. The topological polar surface area (TPSA) is 68.5 Å². The first-order chi connectivity index (χ1) is 14.7. The van der Waals surface area contributed by atoms with Gasteiger partial charge < -0.3 is 14.2 Å². The van der Waals surface area contributed by atoms with E-state index in [1.54, 1.807) is 0 Å². The third kappa shape index (κ3) is 4.37. The number of carbonyl (C=O) groups excluding carboxylic acids is 1. The van der Waals surface area contributed by atoms with Gasteiger partial charge in [0.05, 0.1) is 6.61 Å². The van der Waals surface area contributed by atoms with Crippen molar-refractivity contribution in [1.82, 2.24) is 15.0 Å². The quantitative estimate of drug-likeness (QED) is 0.505. The molecule has 1 aliphatic heterocycles. The van der Waals surface area contributed by atoms with Crippen molar-refractivity contribution in [2.45, 2.75) is 45.6 Å². The van der Waals surface area contributed by atoms with Crippen molar-refractivity contribution in [2.75, 3.05) is 13.2 Å². The lowest BCUT2D eigenvalue weighted by molar-refractivity contribution is 0.0710. The molecule has 0 bridgehead atoms. The van der Waals surface area contributed by atoms with E-state index in [1.165, 1.54) is 0 Å². The van der Waals surface area contributed by atoms with Gasteiger partial charge in [-0.2, -0.15) is 4.98 Å². The van der Waals surface area contributed by atoms with E-state index in [1.807, 2.05) is 60.4 Å². The largest absolute Gasteiger partial charge is 0.494 e. The number of rotatable bonds is 7. The van der Waals surface area contributed by atoms with Gasteiger partial charge >= 0.3 is 0 Å². The van der Waals surface area contributed by atoms with E-state index in [0.717, 1.165) is 42.6 Å². The van der Waals surface area contributed by atoms with Gasteiger partial charge in [-0.1, -0.05) is 42.3 Å². The van der Waals surface area contributed by atoms with Crippen LogP contribution in [-0.4, -0.2) is 34.1 Å². The molecule has 2 aromatic carbocycles. The monoisotopic (exact) mass is 405 g/mol. The molecule has 1 unspecified atom stereocenters. The summed E-state index contributed by atoms with van der Waals surface area (Å²) < 4.78 is 11.3. The Morgan fingerprint density at radius 2 is 2.07 bits per heavy atom. The second-order valence-corrected chi connectivity index (χ2v) is 7.71. The normalized spacial score (nSPS) is 16.1. The van der Waals surface area contributed by atoms with E-state index in [4.69, 9.17) is 9.26 Å². The Labute approximate surface area is 176 Å². The minimum Gasteiger partial charge on any atom is -0.494 e. The van der Waals surface area contributed by atoms with Crippen LogP contribution in [0.2, 0.25) is 0 Å². The van der Waals surface area contributed by atoms with E-state index in [9.17, 15) is 4.79 Å². The molecule has 1 amide bonds. The number of aryl methyl sites for hydroxylation is 1. The van der Waals surface area contributed by atoms with Gasteiger partial charge in [-0.25, -0.2) is 0 Å². The lowest BCUT2D eigenvalue weighted by Crippen LogP contribution is -2.30. The van der Waals surface area contributed by atoms with Crippen LogP contribution in [0.25, 0.3) is 11.4 Å². The number of hydrogen-bond acceptors (Lipinski definition) is 5. The molecule has 3 aromatic rings. The molecule has 0 aliphatic carbocycles. The van der Waals surface area contributed by atoms with Gasteiger partial charge in [0.25, 0.3) is 5.91 Å². The zero-order chi connectivity index (χ0) is 20.9. The van der Waals surface area contributed by atoms with Crippen molar-refractivity contribution in [1.29, 1.82) is 0 Å². The van der Waals surface area contributed by atoms with Gasteiger partial charge in [0, 0.05) is 17.7 Å². The molecule has 0 saturated carbocycles. The van der Waals surface area contributed by atoms with E-state index >= 15 is 0 Å². The van der Waals surface area contributed by atoms with Crippen molar-refractivity contribution in [3.8, 4) is 17.1 Å². The second kappa shape index (κ2) is 9.11. The summed E-state index contributed by atoms with van der Waals surface area (Å²) in [4.78, 5) is 19.5. The van der Waals surface area contributed by atoms with E-state index in [-0.39, 0.29) is 11.9 Å². The smallest absolute Gasteiger partial charge is 0.254 e. The predicted octanol–water partition coefficient (Wildman–Crippen LogP) is 5.20. The molecule has 0 radical (unpaired) electrons. The lowest BCUT2D eigenvalue weighted by atomic mass is 10.1. The molecule has 0 N–H and O–H groups in total. The summed E-state index contributed by atoms with van der Waals surface area (Å²) in [7, 11) is 0. The van der Waals surface area contributed by atoms with Crippen LogP contribution in [0.15, 0.2) is 53.1 Å². The molecular formula is C24H27N3O3. The minimum absolute atomic E-state index is 0.0205. The molecule has 4 rings (SSSR count). The van der Waals surface area contributed by atoms with Crippen LogP contribution in [-0.2, 0) is 0 Å². The summed E-state index contributed by atoms with van der Waals surface area (Å²) in [6.07, 6.45) is 3.84. The third-order valence-corrected chi connectivity index (χ3v) is 5.38. The first-order valence-corrected chi connectivity index (χ1v) is 10.6. The van der Waals surface area contributed by atoms with Gasteiger partial charge in [-0.05, 0) is 56.5 Å². The molecule has 1 aromatic heterocycles. The van der Waals surface area contributed by atoms with Gasteiger partial charge in [-0.3, -0.25) is 4.79 Å². The molecule has 6 heteroatoms. The number of benzene rings is 2. The summed E-state index contributed by atoms with van der Waals surface area (Å²) in [5.41, 5.74) is 2.70. The van der Waals surface area contributed by atoms with Crippen molar-refractivity contribution < 1.29 is 14.1 Å². The van der Waals surface area contributed by atoms with Crippen LogP contribution >= 0.6 is 0 Å². The van der Waals surface area contributed by atoms with E-state index < -0.39 is 0 Å². The minimum atomic E-state index is -0.191. The average molecular weight is 405 g/mol. The Morgan fingerprint density at radius 3 is 2.83 bits per heavy atom. The van der Waals surface area contributed by atoms with Crippen molar-refractivity contribution in [3.05, 3.63) is 65.5 Å². The Bertz CT molecular complexity index is 997. The highest BCUT2D eigenvalue weighted by atomic mass is 16.5. The van der Waals surface area contributed by atoms with Crippen molar-refractivity contribution in [2.24, 2.45) is 0 Å². The molecular weight excluding hydrogens is 378 g/mol.